The van der Waals surface area contributed by atoms with Gasteiger partial charge in [0, 0.05) is 32.4 Å². The first kappa shape index (κ1) is 27.0. The first-order valence-corrected chi connectivity index (χ1v) is 14.7. The van der Waals surface area contributed by atoms with Gasteiger partial charge in [-0.3, -0.25) is 9.69 Å². The zero-order chi connectivity index (χ0) is 29.3. The number of pyridine rings is 1. The van der Waals surface area contributed by atoms with E-state index >= 15 is 0 Å². The van der Waals surface area contributed by atoms with Crippen LogP contribution in [0.15, 0.2) is 91.1 Å². The standard InChI is InChI=1S/C33H33FN8O/c1-38(26-10-3-2-4-11-26)33(43)22-39-18-19-40(23-39)31-14-6-12-27(36-31)29-21-35-30-15-16-32(37-42(29)30)41-17-7-13-28(41)24-8-5-9-25(34)20-24/h2-6,8-12,14-16,20-21,28H,7,13,17-19,22-23H2,1H3. The number of hydrogen-bond donors (Lipinski definition) is 0. The lowest BCUT2D eigenvalue weighted by molar-refractivity contribution is -0.119. The number of amides is 1. The number of aromatic nitrogens is 4. The molecule has 0 aliphatic carbocycles. The molecule has 2 aromatic carbocycles. The molecule has 3 aromatic heterocycles. The number of rotatable bonds is 7. The normalized spacial score (nSPS) is 17.2. The maximum Gasteiger partial charge on any atom is 0.240 e. The van der Waals surface area contributed by atoms with Crippen molar-refractivity contribution >= 4 is 28.9 Å². The number of anilines is 3. The topological polar surface area (TPSA) is 73.1 Å². The fourth-order valence-corrected chi connectivity index (χ4v) is 6.09. The summed E-state index contributed by atoms with van der Waals surface area (Å²) in [4.78, 5) is 30.8. The van der Waals surface area contributed by atoms with Crippen LogP contribution < -0.4 is 14.7 Å². The number of benzene rings is 2. The summed E-state index contributed by atoms with van der Waals surface area (Å²) in [6, 6.07) is 26.6. The van der Waals surface area contributed by atoms with Crippen molar-refractivity contribution in [2.24, 2.45) is 0 Å². The van der Waals surface area contributed by atoms with Crippen molar-refractivity contribution in [3.05, 3.63) is 103 Å². The van der Waals surface area contributed by atoms with E-state index in [0.717, 1.165) is 72.4 Å². The van der Waals surface area contributed by atoms with Gasteiger partial charge in [0.2, 0.25) is 5.91 Å². The highest BCUT2D eigenvalue weighted by atomic mass is 19.1. The Kier molecular flexibility index (Phi) is 7.20. The number of carbonyl (C=O) groups is 1. The maximum atomic E-state index is 14.0. The Hall–Kier alpha value is -4.83. The molecule has 43 heavy (non-hydrogen) atoms. The first-order valence-electron chi connectivity index (χ1n) is 14.7. The average Bonchev–Trinajstić information content (AvgIpc) is 3.81. The minimum Gasteiger partial charge on any atom is -0.348 e. The molecule has 2 saturated heterocycles. The summed E-state index contributed by atoms with van der Waals surface area (Å²) in [6.45, 7) is 3.38. The fraction of sp³-hybridized carbons (Fsp3) is 0.273. The van der Waals surface area contributed by atoms with Crippen LogP contribution in [0.5, 0.6) is 0 Å². The molecule has 7 rings (SSSR count). The van der Waals surface area contributed by atoms with Gasteiger partial charge in [-0.25, -0.2) is 18.9 Å². The van der Waals surface area contributed by atoms with Gasteiger partial charge in [-0.05, 0) is 66.9 Å². The smallest absolute Gasteiger partial charge is 0.240 e. The van der Waals surface area contributed by atoms with Gasteiger partial charge in [-0.15, -0.1) is 5.10 Å². The third kappa shape index (κ3) is 5.41. The zero-order valence-electron chi connectivity index (χ0n) is 24.1. The van der Waals surface area contributed by atoms with Crippen molar-refractivity contribution in [2.75, 3.05) is 54.6 Å². The van der Waals surface area contributed by atoms with Gasteiger partial charge < -0.3 is 14.7 Å². The Balaban J connectivity index is 1.09. The van der Waals surface area contributed by atoms with E-state index in [1.165, 1.54) is 6.07 Å². The molecule has 2 aliphatic rings. The van der Waals surface area contributed by atoms with Crippen LogP contribution in [0.2, 0.25) is 0 Å². The van der Waals surface area contributed by atoms with Gasteiger partial charge in [0.15, 0.2) is 5.65 Å². The van der Waals surface area contributed by atoms with E-state index in [1.807, 2.05) is 78.3 Å². The molecule has 2 aliphatic heterocycles. The third-order valence-electron chi connectivity index (χ3n) is 8.38. The minimum atomic E-state index is -0.220. The molecule has 0 bridgehead atoms. The molecular weight excluding hydrogens is 543 g/mol. The maximum absolute atomic E-state index is 14.0. The highest BCUT2D eigenvalue weighted by Crippen LogP contribution is 2.36. The predicted octanol–water partition coefficient (Wildman–Crippen LogP) is 5.01. The summed E-state index contributed by atoms with van der Waals surface area (Å²) < 4.78 is 15.8. The Morgan fingerprint density at radius 1 is 0.953 bits per heavy atom. The van der Waals surface area contributed by atoms with Crippen LogP contribution in [0.4, 0.5) is 21.7 Å². The van der Waals surface area contributed by atoms with E-state index in [4.69, 9.17) is 10.1 Å². The summed E-state index contributed by atoms with van der Waals surface area (Å²) in [5.41, 5.74) is 4.16. The molecule has 218 valence electrons. The van der Waals surface area contributed by atoms with Crippen LogP contribution in [0, 0.1) is 5.82 Å². The van der Waals surface area contributed by atoms with E-state index in [1.54, 1.807) is 23.2 Å². The molecule has 5 heterocycles. The number of para-hydroxylation sites is 1. The van der Waals surface area contributed by atoms with Gasteiger partial charge in [-0.1, -0.05) is 36.4 Å². The second kappa shape index (κ2) is 11.4. The Bertz CT molecular complexity index is 1760. The molecular formula is C33H33FN8O. The highest BCUT2D eigenvalue weighted by molar-refractivity contribution is 5.94. The zero-order valence-corrected chi connectivity index (χ0v) is 24.1. The van der Waals surface area contributed by atoms with Crippen LogP contribution in [0.3, 0.4) is 0 Å². The summed E-state index contributed by atoms with van der Waals surface area (Å²) in [5, 5.41) is 4.99. The second-order valence-electron chi connectivity index (χ2n) is 11.1. The molecule has 1 unspecified atom stereocenters. The molecule has 0 N–H and O–H groups in total. The van der Waals surface area contributed by atoms with Crippen LogP contribution in [-0.4, -0.2) is 70.3 Å². The molecule has 0 radical (unpaired) electrons. The number of likely N-dealkylation sites (N-methyl/N-ethyl adjacent to an activating group) is 1. The first-order chi connectivity index (χ1) is 21.0. The Morgan fingerprint density at radius 2 is 1.81 bits per heavy atom. The molecule has 2 fully saturated rings. The lowest BCUT2D eigenvalue weighted by atomic mass is 10.0. The fourth-order valence-electron chi connectivity index (χ4n) is 6.09. The van der Waals surface area contributed by atoms with Crippen molar-refractivity contribution in [1.82, 2.24) is 24.5 Å². The van der Waals surface area contributed by atoms with Gasteiger partial charge in [-0.2, -0.15) is 0 Å². The Morgan fingerprint density at radius 3 is 2.67 bits per heavy atom. The molecule has 0 saturated carbocycles. The summed E-state index contributed by atoms with van der Waals surface area (Å²) in [7, 11) is 1.82. The lowest BCUT2D eigenvalue weighted by Gasteiger charge is -2.26. The van der Waals surface area contributed by atoms with Gasteiger partial charge in [0.1, 0.15) is 23.1 Å². The number of imidazole rings is 1. The van der Waals surface area contributed by atoms with Crippen molar-refractivity contribution < 1.29 is 9.18 Å². The molecule has 10 heteroatoms. The van der Waals surface area contributed by atoms with E-state index in [9.17, 15) is 9.18 Å². The molecule has 1 amide bonds. The summed E-state index contributed by atoms with van der Waals surface area (Å²) in [6.07, 6.45) is 3.77. The quantitative estimate of drug-likeness (QED) is 0.270. The number of fused-ring (bicyclic) bond motifs is 1. The number of nitrogens with zero attached hydrogens (tertiary/aromatic N) is 8. The second-order valence-corrected chi connectivity index (χ2v) is 11.1. The predicted molar refractivity (Wildman–Crippen MR) is 166 cm³/mol. The summed E-state index contributed by atoms with van der Waals surface area (Å²) in [5.74, 6) is 1.51. The van der Waals surface area contributed by atoms with Gasteiger partial charge in [0.05, 0.1) is 31.1 Å². The number of carbonyl (C=O) groups excluding carboxylic acids is 1. The van der Waals surface area contributed by atoms with Crippen molar-refractivity contribution in [2.45, 2.75) is 18.9 Å². The lowest BCUT2D eigenvalue weighted by Crippen LogP contribution is -2.38. The van der Waals surface area contributed by atoms with E-state index in [0.29, 0.717) is 13.2 Å². The third-order valence-corrected chi connectivity index (χ3v) is 8.38. The largest absolute Gasteiger partial charge is 0.348 e. The van der Waals surface area contributed by atoms with Crippen LogP contribution in [0.25, 0.3) is 17.0 Å². The van der Waals surface area contributed by atoms with Crippen molar-refractivity contribution in [3.8, 4) is 11.4 Å². The van der Waals surface area contributed by atoms with E-state index < -0.39 is 0 Å². The molecule has 5 aromatic rings. The molecule has 0 spiro atoms. The highest BCUT2D eigenvalue weighted by Gasteiger charge is 2.28. The average molecular weight is 577 g/mol. The van der Waals surface area contributed by atoms with E-state index in [-0.39, 0.29) is 17.8 Å². The van der Waals surface area contributed by atoms with Gasteiger partial charge in [0.25, 0.3) is 0 Å². The monoisotopic (exact) mass is 576 g/mol. The van der Waals surface area contributed by atoms with Gasteiger partial charge >= 0.3 is 0 Å². The van der Waals surface area contributed by atoms with E-state index in [2.05, 4.69) is 19.7 Å². The Labute approximate surface area is 249 Å². The van der Waals surface area contributed by atoms with Crippen LogP contribution >= 0.6 is 0 Å². The van der Waals surface area contributed by atoms with Crippen LogP contribution in [0.1, 0.15) is 24.4 Å². The van der Waals surface area contributed by atoms with Crippen molar-refractivity contribution in [3.63, 3.8) is 0 Å². The minimum absolute atomic E-state index is 0.0556. The number of halogens is 1. The number of hydrogen-bond acceptors (Lipinski definition) is 7. The van der Waals surface area contributed by atoms with Crippen molar-refractivity contribution in [1.29, 1.82) is 0 Å². The molecule has 9 nitrogen and oxygen atoms in total. The molecule has 1 atom stereocenters. The SMILES string of the molecule is CN(C(=O)CN1CCN(c2cccc(-c3cnc4ccc(N5CCCC5c5cccc(F)c5)nn34)n2)C1)c1ccccc1. The summed E-state index contributed by atoms with van der Waals surface area (Å²) >= 11 is 0. The van der Waals surface area contributed by atoms with Crippen LogP contribution in [-0.2, 0) is 4.79 Å².